The second-order valence-corrected chi connectivity index (χ2v) is 8.36. The largest absolute Gasteiger partial charge is 0.497 e. The Hall–Kier alpha value is -4.04. The van der Waals surface area contributed by atoms with Crippen molar-refractivity contribution in [2.45, 2.75) is 0 Å². The maximum absolute atomic E-state index is 6.56. The molecule has 0 aliphatic carbocycles. The van der Waals surface area contributed by atoms with E-state index >= 15 is 0 Å². The van der Waals surface area contributed by atoms with E-state index in [1.54, 1.807) is 20.3 Å². The van der Waals surface area contributed by atoms with Gasteiger partial charge in [-0.05, 0) is 42.5 Å². The van der Waals surface area contributed by atoms with Gasteiger partial charge in [-0.1, -0.05) is 11.6 Å². The molecular weight excluding hydrogens is 452 g/mol. The summed E-state index contributed by atoms with van der Waals surface area (Å²) in [4.78, 5) is 19.0. The number of hydrogen-bond donors (Lipinski definition) is 2. The minimum atomic E-state index is 0.591. The number of nitrogens with one attached hydrogen (secondary N) is 2. The summed E-state index contributed by atoms with van der Waals surface area (Å²) >= 11 is 6.56. The summed E-state index contributed by atoms with van der Waals surface area (Å²) in [5.74, 6) is 2.57. The van der Waals surface area contributed by atoms with Crippen molar-refractivity contribution in [2.75, 3.05) is 38.5 Å². The lowest BCUT2D eigenvalue weighted by Gasteiger charge is -2.13. The predicted octanol–water partition coefficient (Wildman–Crippen LogP) is 5.65. The lowest BCUT2D eigenvalue weighted by atomic mass is 10.1. The van der Waals surface area contributed by atoms with Crippen LogP contribution in [0.4, 0.5) is 17.2 Å². The van der Waals surface area contributed by atoms with Gasteiger partial charge in [-0.25, -0.2) is 15.0 Å². The first-order valence-corrected chi connectivity index (χ1v) is 11.0. The maximum atomic E-state index is 6.56. The number of rotatable bonds is 6. The number of ether oxygens (including phenoxy) is 2. The molecule has 0 radical (unpaired) electrons. The highest BCUT2D eigenvalue weighted by Gasteiger charge is 2.14. The van der Waals surface area contributed by atoms with Gasteiger partial charge in [0.15, 0.2) is 0 Å². The van der Waals surface area contributed by atoms with Gasteiger partial charge in [0.2, 0.25) is 0 Å². The van der Waals surface area contributed by atoms with Crippen molar-refractivity contribution in [3.63, 3.8) is 0 Å². The summed E-state index contributed by atoms with van der Waals surface area (Å²) in [6.07, 6.45) is 1.50. The third-order valence-corrected chi connectivity index (χ3v) is 5.93. The fraction of sp³-hybridized carbons (Fsp3) is 0.160. The van der Waals surface area contributed by atoms with Crippen LogP contribution < -0.4 is 19.7 Å². The number of halogens is 1. The third-order valence-electron chi connectivity index (χ3n) is 5.60. The number of aromatic amines is 1. The van der Waals surface area contributed by atoms with Crippen molar-refractivity contribution in [3.8, 4) is 22.9 Å². The van der Waals surface area contributed by atoms with Crippen molar-refractivity contribution in [1.29, 1.82) is 0 Å². The number of benzene rings is 3. The predicted molar refractivity (Wildman–Crippen MR) is 137 cm³/mol. The molecule has 0 aliphatic rings. The van der Waals surface area contributed by atoms with Crippen LogP contribution >= 0.6 is 11.6 Å². The molecule has 0 saturated carbocycles. The van der Waals surface area contributed by atoms with Crippen molar-refractivity contribution in [3.05, 3.63) is 59.9 Å². The molecule has 0 unspecified atom stereocenters. The van der Waals surface area contributed by atoms with Gasteiger partial charge < -0.3 is 24.7 Å². The van der Waals surface area contributed by atoms with Crippen molar-refractivity contribution in [1.82, 2.24) is 19.9 Å². The molecular formula is C25H23ClN6O2. The SMILES string of the molecule is COc1cc(OC)c2ncnc(Nc3ccc(Cl)c(-c4nc5ccc(N(C)C)cc5[nH]4)c3)c2c1. The number of nitrogens with zero attached hydrogens (tertiary/aromatic N) is 4. The van der Waals surface area contributed by atoms with E-state index in [1.165, 1.54) is 6.33 Å². The normalized spacial score (nSPS) is 11.1. The topological polar surface area (TPSA) is 88.2 Å². The Balaban J connectivity index is 1.55. The number of methoxy groups -OCH3 is 2. The number of anilines is 3. The van der Waals surface area contributed by atoms with Crippen LogP contribution in [0.25, 0.3) is 33.3 Å². The molecule has 0 amide bonds. The van der Waals surface area contributed by atoms with Crippen LogP contribution in [0, 0.1) is 0 Å². The second kappa shape index (κ2) is 8.72. The molecule has 0 spiro atoms. The molecule has 0 aliphatic heterocycles. The Morgan fingerprint density at radius 3 is 2.59 bits per heavy atom. The fourth-order valence-electron chi connectivity index (χ4n) is 3.81. The van der Waals surface area contributed by atoms with E-state index in [0.717, 1.165) is 33.4 Å². The standard InChI is InChI=1S/C25H23ClN6O2/c1-32(2)15-6-8-20-21(10-15)31-25(30-20)17-9-14(5-7-19(17)26)29-24-18-11-16(33-3)12-22(34-4)23(18)27-13-28-24/h5-13H,1-4H3,(H,30,31)(H,27,28,29). The Bertz CT molecular complexity index is 1510. The average molecular weight is 475 g/mol. The molecule has 2 aromatic heterocycles. The van der Waals surface area contributed by atoms with Gasteiger partial charge in [0, 0.05) is 37.1 Å². The first-order chi connectivity index (χ1) is 16.5. The smallest absolute Gasteiger partial charge is 0.148 e. The summed E-state index contributed by atoms with van der Waals surface area (Å²) in [5, 5.41) is 4.74. The van der Waals surface area contributed by atoms with Crippen LogP contribution in [0.15, 0.2) is 54.9 Å². The lowest BCUT2D eigenvalue weighted by Crippen LogP contribution is -2.07. The molecule has 0 fully saturated rings. The minimum absolute atomic E-state index is 0.591. The van der Waals surface area contributed by atoms with E-state index in [-0.39, 0.29) is 0 Å². The van der Waals surface area contributed by atoms with Crippen LogP contribution in [0.1, 0.15) is 0 Å². The van der Waals surface area contributed by atoms with E-state index < -0.39 is 0 Å². The van der Waals surface area contributed by atoms with Crippen molar-refractivity contribution < 1.29 is 9.47 Å². The molecule has 5 rings (SSSR count). The minimum Gasteiger partial charge on any atom is -0.497 e. The van der Waals surface area contributed by atoms with Gasteiger partial charge in [-0.2, -0.15) is 0 Å². The van der Waals surface area contributed by atoms with Crippen LogP contribution in [-0.2, 0) is 0 Å². The molecule has 8 nitrogen and oxygen atoms in total. The number of aromatic nitrogens is 4. The van der Waals surface area contributed by atoms with Crippen molar-refractivity contribution >= 4 is 50.7 Å². The van der Waals surface area contributed by atoms with Gasteiger partial charge in [-0.3, -0.25) is 0 Å². The highest BCUT2D eigenvalue weighted by Crippen LogP contribution is 2.36. The average Bonchev–Trinajstić information content (AvgIpc) is 3.28. The summed E-state index contributed by atoms with van der Waals surface area (Å²) in [6, 6.07) is 15.4. The number of H-pyrrole nitrogens is 1. The van der Waals surface area contributed by atoms with Crippen LogP contribution in [0.2, 0.25) is 5.02 Å². The van der Waals surface area contributed by atoms with Gasteiger partial charge >= 0.3 is 0 Å². The highest BCUT2D eigenvalue weighted by molar-refractivity contribution is 6.33. The Kier molecular flexibility index (Phi) is 5.59. The van der Waals surface area contributed by atoms with E-state index in [0.29, 0.717) is 33.7 Å². The van der Waals surface area contributed by atoms with E-state index in [2.05, 4.69) is 26.3 Å². The molecule has 2 heterocycles. The molecule has 34 heavy (non-hydrogen) atoms. The Morgan fingerprint density at radius 1 is 0.971 bits per heavy atom. The summed E-state index contributed by atoms with van der Waals surface area (Å²) in [6.45, 7) is 0. The third kappa shape index (κ3) is 3.92. The molecule has 2 N–H and O–H groups in total. The zero-order valence-electron chi connectivity index (χ0n) is 19.2. The quantitative estimate of drug-likeness (QED) is 0.328. The number of fused-ring (bicyclic) bond motifs is 2. The number of imidazole rings is 1. The zero-order valence-corrected chi connectivity index (χ0v) is 19.9. The van der Waals surface area contributed by atoms with E-state index in [9.17, 15) is 0 Å². The summed E-state index contributed by atoms with van der Waals surface area (Å²) in [5.41, 5.74) is 5.17. The number of hydrogen-bond acceptors (Lipinski definition) is 7. The van der Waals surface area contributed by atoms with Gasteiger partial charge in [0.25, 0.3) is 0 Å². The van der Waals surface area contributed by atoms with Gasteiger partial charge in [-0.15, -0.1) is 0 Å². The molecule has 9 heteroatoms. The van der Waals surface area contributed by atoms with Gasteiger partial charge in [0.05, 0.1) is 35.7 Å². The van der Waals surface area contributed by atoms with Crippen LogP contribution in [0.3, 0.4) is 0 Å². The summed E-state index contributed by atoms with van der Waals surface area (Å²) < 4.78 is 10.9. The maximum Gasteiger partial charge on any atom is 0.148 e. The fourth-order valence-corrected chi connectivity index (χ4v) is 4.01. The summed E-state index contributed by atoms with van der Waals surface area (Å²) in [7, 11) is 7.22. The lowest BCUT2D eigenvalue weighted by molar-refractivity contribution is 0.397. The molecule has 5 aromatic rings. The first kappa shape index (κ1) is 21.8. The molecule has 3 aromatic carbocycles. The first-order valence-electron chi connectivity index (χ1n) is 10.6. The highest BCUT2D eigenvalue weighted by atomic mass is 35.5. The van der Waals surface area contributed by atoms with Gasteiger partial charge in [0.1, 0.15) is 35.0 Å². The van der Waals surface area contributed by atoms with E-state index in [4.69, 9.17) is 26.1 Å². The molecule has 0 atom stereocenters. The molecule has 172 valence electrons. The second-order valence-electron chi connectivity index (χ2n) is 7.95. The van der Waals surface area contributed by atoms with Crippen molar-refractivity contribution in [2.24, 2.45) is 0 Å². The molecule has 0 saturated heterocycles. The zero-order chi connectivity index (χ0) is 23.8. The molecule has 0 bridgehead atoms. The van der Waals surface area contributed by atoms with E-state index in [1.807, 2.05) is 55.4 Å². The van der Waals surface area contributed by atoms with Crippen LogP contribution in [-0.4, -0.2) is 48.3 Å². The van der Waals surface area contributed by atoms with Crippen LogP contribution in [0.5, 0.6) is 11.5 Å². The Morgan fingerprint density at radius 2 is 1.82 bits per heavy atom. The monoisotopic (exact) mass is 474 g/mol. The Labute approximate surface area is 201 Å².